The number of nitrogens with zero attached hydrogens (tertiary/aromatic N) is 5. The molecule has 324 valence electrons. The van der Waals surface area contributed by atoms with Crippen molar-refractivity contribution in [3.05, 3.63) is 70.9 Å². The number of rotatable bonds is 15. The van der Waals surface area contributed by atoms with Gasteiger partial charge in [0.25, 0.3) is 11.8 Å². The number of aromatic nitrogens is 2. The number of nitrogens with one attached hydrogen (secondary N) is 4. The molecule has 2 aromatic carbocycles. The molecule has 25 heteroatoms. The van der Waals surface area contributed by atoms with E-state index in [2.05, 4.69) is 31.5 Å². The molecular formula is C37H35N9O13S3. The molecule has 4 heterocycles. The summed E-state index contributed by atoms with van der Waals surface area (Å²) in [5, 5.41) is 27.1. The minimum absolute atomic E-state index is 0.00656. The molecule has 0 spiro atoms. The van der Waals surface area contributed by atoms with Gasteiger partial charge in [-0.15, -0.1) is 22.0 Å². The highest BCUT2D eigenvalue weighted by atomic mass is 32.2. The van der Waals surface area contributed by atoms with Crippen molar-refractivity contribution in [2.24, 2.45) is 0 Å². The second-order valence-electron chi connectivity index (χ2n) is 13.3. The number of ether oxygens (including phenoxy) is 2. The normalized spacial score (nSPS) is 18.8. The molecule has 0 bridgehead atoms. The molecule has 0 saturated carbocycles. The number of carboxylic acid groups (broad SMARTS) is 1. The zero-order valence-corrected chi connectivity index (χ0v) is 35.1. The summed E-state index contributed by atoms with van der Waals surface area (Å²) >= 11 is 3.06. The van der Waals surface area contributed by atoms with Crippen LogP contribution in [-0.2, 0) is 38.4 Å². The number of carbonyl (C=O) groups is 10. The van der Waals surface area contributed by atoms with Gasteiger partial charge in [-0.2, -0.15) is 0 Å². The summed E-state index contributed by atoms with van der Waals surface area (Å²) in [6, 6.07) is 8.98. The predicted octanol–water partition coefficient (Wildman–Crippen LogP) is 0.687. The van der Waals surface area contributed by atoms with E-state index >= 15 is 0 Å². The maximum absolute atomic E-state index is 14.1. The summed E-state index contributed by atoms with van der Waals surface area (Å²) in [5.74, 6) is -7.75. The third kappa shape index (κ3) is 9.23. The molecule has 3 aliphatic heterocycles. The number of carbonyl (C=O) groups excluding carboxylic acids is 9. The number of esters is 2. The second-order valence-corrected chi connectivity index (χ2v) is 16.5. The van der Waals surface area contributed by atoms with Gasteiger partial charge in [-0.3, -0.25) is 53.5 Å². The van der Waals surface area contributed by atoms with Crippen molar-refractivity contribution in [3.8, 4) is 11.5 Å². The van der Waals surface area contributed by atoms with Crippen molar-refractivity contribution in [3.63, 3.8) is 0 Å². The number of aliphatic carboxylic acids is 1. The maximum atomic E-state index is 14.1. The maximum Gasteiger partial charge on any atom is 0.352 e. The minimum Gasteiger partial charge on any atom is -0.477 e. The van der Waals surface area contributed by atoms with Crippen LogP contribution in [0.15, 0.2) is 64.1 Å². The predicted molar refractivity (Wildman–Crippen MR) is 217 cm³/mol. The number of anilines is 1. The Labute approximate surface area is 363 Å². The van der Waals surface area contributed by atoms with E-state index in [1.54, 1.807) is 25.1 Å². The van der Waals surface area contributed by atoms with Crippen molar-refractivity contribution in [2.45, 2.75) is 42.2 Å². The van der Waals surface area contributed by atoms with E-state index in [9.17, 15) is 53.1 Å². The van der Waals surface area contributed by atoms with E-state index in [0.717, 1.165) is 53.6 Å². The van der Waals surface area contributed by atoms with Crippen LogP contribution >= 0.6 is 34.9 Å². The van der Waals surface area contributed by atoms with Crippen LogP contribution in [-0.4, -0.2) is 132 Å². The SMILES string of the molecule is CCN1CCN(C(=O)NC(C(=O)N[C@]2(NC=O)C(=O)N3C(C(=O)O)=C(CSc4nnc(NC(=O)c5ccc(OC(C)=O)c(OC(C)=O)c5)s4)CS[C@@H]32)c2ccccc2)C(=O)C1=O. The Morgan fingerprint density at radius 1 is 0.984 bits per heavy atom. The quantitative estimate of drug-likeness (QED) is 0.0205. The number of hydrogen-bond acceptors (Lipinski definition) is 17. The van der Waals surface area contributed by atoms with Gasteiger partial charge in [-0.05, 0) is 36.3 Å². The molecule has 62 heavy (non-hydrogen) atoms. The zero-order chi connectivity index (χ0) is 44.9. The van der Waals surface area contributed by atoms with E-state index in [4.69, 9.17) is 9.47 Å². The fraction of sp³-hybridized carbons (Fsp3) is 0.297. The fourth-order valence-corrected chi connectivity index (χ4v) is 9.76. The Bertz CT molecular complexity index is 2410. The Balaban J connectivity index is 1.15. The number of piperazine rings is 1. The number of amides is 8. The van der Waals surface area contributed by atoms with Crippen LogP contribution in [0.2, 0.25) is 0 Å². The second kappa shape index (κ2) is 18.8. The molecule has 1 aromatic heterocycles. The first-order chi connectivity index (χ1) is 29.6. The van der Waals surface area contributed by atoms with E-state index < -0.39 is 76.3 Å². The molecule has 0 aliphatic carbocycles. The first-order valence-corrected chi connectivity index (χ1v) is 21.1. The minimum atomic E-state index is -2.16. The third-order valence-electron chi connectivity index (χ3n) is 9.27. The summed E-state index contributed by atoms with van der Waals surface area (Å²) in [6.45, 7) is 4.14. The van der Waals surface area contributed by atoms with Gasteiger partial charge in [0.05, 0.1) is 0 Å². The fourth-order valence-electron chi connectivity index (χ4n) is 6.45. The van der Waals surface area contributed by atoms with Crippen LogP contribution in [0.25, 0.3) is 0 Å². The molecule has 3 atom stereocenters. The summed E-state index contributed by atoms with van der Waals surface area (Å²) in [6.07, 6.45) is 0.169. The van der Waals surface area contributed by atoms with Crippen LogP contribution in [0.3, 0.4) is 0 Å². The first kappa shape index (κ1) is 44.7. The number of carboxylic acids is 1. The van der Waals surface area contributed by atoms with E-state index in [1.165, 1.54) is 35.2 Å². The number of benzene rings is 2. The monoisotopic (exact) mass is 909 g/mol. The molecule has 3 aliphatic rings. The Hall–Kier alpha value is -6.86. The molecule has 5 N–H and O–H groups in total. The topological polar surface area (TPSA) is 293 Å². The van der Waals surface area contributed by atoms with Crippen LogP contribution in [0, 0.1) is 0 Å². The van der Waals surface area contributed by atoms with Crippen molar-refractivity contribution in [1.29, 1.82) is 0 Å². The Kier molecular flexibility index (Phi) is 13.6. The molecule has 2 fully saturated rings. The lowest BCUT2D eigenvalue weighted by atomic mass is 9.94. The molecule has 22 nitrogen and oxygen atoms in total. The number of imide groups is 1. The molecular weight excluding hydrogens is 875 g/mol. The zero-order valence-electron chi connectivity index (χ0n) is 32.7. The van der Waals surface area contributed by atoms with E-state index in [-0.39, 0.29) is 70.9 Å². The van der Waals surface area contributed by atoms with Crippen LogP contribution in [0.1, 0.15) is 42.7 Å². The van der Waals surface area contributed by atoms with Gasteiger partial charge in [0.1, 0.15) is 17.1 Å². The van der Waals surface area contributed by atoms with Gasteiger partial charge in [0.2, 0.25) is 23.1 Å². The highest BCUT2D eigenvalue weighted by Crippen LogP contribution is 2.46. The van der Waals surface area contributed by atoms with Gasteiger partial charge >= 0.3 is 35.8 Å². The van der Waals surface area contributed by atoms with E-state index in [0.29, 0.717) is 9.24 Å². The molecule has 0 radical (unpaired) electrons. The summed E-state index contributed by atoms with van der Waals surface area (Å²) < 4.78 is 10.4. The standard InChI is InChI=1S/C37H35N9O13S3/c1-4-44-12-13-45(30(53)29(44)52)35(57)39-25(20-8-6-5-7-9-20)28(51)41-37(38-17-47)32(56)46-26(31(54)55)22(15-60-33(37)46)16-61-36-43-42-34(62-36)40-27(50)21-10-11-23(58-18(2)48)24(14-21)59-19(3)49/h5-11,14,17,25,33H,4,12-13,15-16H2,1-3H3,(H,38,47)(H,39,57)(H,41,51)(H,54,55)(H,40,42,50)/t25?,33-,37-/m1/s1. The summed E-state index contributed by atoms with van der Waals surface area (Å²) in [7, 11) is 0. The van der Waals surface area contributed by atoms with Crippen molar-refractivity contribution in [1.82, 2.24) is 40.8 Å². The van der Waals surface area contributed by atoms with Crippen LogP contribution < -0.4 is 30.7 Å². The van der Waals surface area contributed by atoms with Gasteiger partial charge in [0.15, 0.2) is 15.8 Å². The smallest absolute Gasteiger partial charge is 0.352 e. The van der Waals surface area contributed by atoms with Crippen LogP contribution in [0.5, 0.6) is 11.5 Å². The number of urea groups is 1. The molecule has 1 unspecified atom stereocenters. The first-order valence-electron chi connectivity index (χ1n) is 18.3. The molecule has 8 amide bonds. The lowest BCUT2D eigenvalue weighted by Gasteiger charge is -2.56. The summed E-state index contributed by atoms with van der Waals surface area (Å²) in [4.78, 5) is 130. The van der Waals surface area contributed by atoms with Crippen molar-refractivity contribution >= 4 is 99.9 Å². The lowest BCUT2D eigenvalue weighted by Crippen LogP contribution is -2.85. The van der Waals surface area contributed by atoms with Gasteiger partial charge < -0.3 is 35.4 Å². The Morgan fingerprint density at radius 2 is 1.69 bits per heavy atom. The molecule has 6 rings (SSSR count). The largest absolute Gasteiger partial charge is 0.477 e. The lowest BCUT2D eigenvalue weighted by molar-refractivity contribution is -0.163. The average Bonchev–Trinajstić information content (AvgIpc) is 3.69. The van der Waals surface area contributed by atoms with Crippen LogP contribution in [0.4, 0.5) is 9.93 Å². The Morgan fingerprint density at radius 3 is 2.35 bits per heavy atom. The highest BCUT2D eigenvalue weighted by molar-refractivity contribution is 8.02. The number of β-lactam (4-membered cyclic amide) rings is 1. The third-order valence-corrected chi connectivity index (χ3v) is 12.7. The molecule has 3 aromatic rings. The highest BCUT2D eigenvalue weighted by Gasteiger charge is 2.66. The summed E-state index contributed by atoms with van der Waals surface area (Å²) in [5.41, 5.74) is -2.03. The number of hydrogen-bond donors (Lipinski definition) is 5. The average molecular weight is 910 g/mol. The van der Waals surface area contributed by atoms with E-state index in [1.807, 2.05) is 0 Å². The number of fused-ring (bicyclic) bond motifs is 1. The number of likely N-dealkylation sites (N-methyl/N-ethyl adjacent to an activating group) is 1. The van der Waals surface area contributed by atoms with Gasteiger partial charge in [-0.1, -0.05) is 53.4 Å². The van der Waals surface area contributed by atoms with Crippen molar-refractivity contribution < 1.29 is 62.5 Å². The van der Waals surface area contributed by atoms with Gasteiger partial charge in [0, 0.05) is 50.6 Å². The van der Waals surface area contributed by atoms with Crippen molar-refractivity contribution in [2.75, 3.05) is 36.5 Å². The van der Waals surface area contributed by atoms with Gasteiger partial charge in [-0.25, -0.2) is 9.59 Å². The molecule has 2 saturated heterocycles. The number of thioether (sulfide) groups is 2.